The Morgan fingerprint density at radius 2 is 2.04 bits per heavy atom. The molecule has 0 aromatic carbocycles. The molecule has 26 heavy (non-hydrogen) atoms. The first-order valence-electron chi connectivity index (χ1n) is 8.68. The Morgan fingerprint density at radius 1 is 1.23 bits per heavy atom. The minimum atomic E-state index is -1.25. The molecule has 2 N–H and O–H groups in total. The SMILES string of the molecule is CCCOCCOC(=O)OCC(C)(CO)C(=O)NCCc1ccccn1. The van der Waals surface area contributed by atoms with Gasteiger partial charge in [-0.25, -0.2) is 4.79 Å². The second-order valence-electron chi connectivity index (χ2n) is 6.05. The molecule has 0 saturated heterocycles. The highest BCUT2D eigenvalue weighted by atomic mass is 16.7. The van der Waals surface area contributed by atoms with Gasteiger partial charge in [0, 0.05) is 31.5 Å². The number of nitrogens with one attached hydrogen (secondary N) is 1. The Labute approximate surface area is 153 Å². The zero-order valence-electron chi connectivity index (χ0n) is 15.4. The Hall–Kier alpha value is -2.19. The number of carbonyl (C=O) groups is 2. The number of aliphatic hydroxyl groups excluding tert-OH is 1. The number of aromatic nitrogens is 1. The molecular formula is C18H28N2O6. The Bertz CT molecular complexity index is 540. The van der Waals surface area contributed by atoms with Crippen molar-refractivity contribution in [1.29, 1.82) is 0 Å². The van der Waals surface area contributed by atoms with Crippen LogP contribution in [-0.4, -0.2) is 61.7 Å². The van der Waals surface area contributed by atoms with Crippen LogP contribution in [0.2, 0.25) is 0 Å². The quantitative estimate of drug-likeness (QED) is 0.423. The van der Waals surface area contributed by atoms with Gasteiger partial charge < -0.3 is 24.6 Å². The lowest BCUT2D eigenvalue weighted by atomic mass is 9.92. The topological polar surface area (TPSA) is 107 Å². The molecule has 1 heterocycles. The van der Waals surface area contributed by atoms with Gasteiger partial charge in [0.05, 0.1) is 13.2 Å². The van der Waals surface area contributed by atoms with Crippen LogP contribution in [0.25, 0.3) is 0 Å². The summed E-state index contributed by atoms with van der Waals surface area (Å²) in [7, 11) is 0. The van der Waals surface area contributed by atoms with Crippen LogP contribution in [0.15, 0.2) is 24.4 Å². The first kappa shape index (κ1) is 21.9. The van der Waals surface area contributed by atoms with E-state index >= 15 is 0 Å². The second kappa shape index (κ2) is 12.2. The van der Waals surface area contributed by atoms with Crippen LogP contribution < -0.4 is 5.32 Å². The van der Waals surface area contributed by atoms with Crippen molar-refractivity contribution in [3.8, 4) is 0 Å². The third kappa shape index (κ3) is 8.26. The van der Waals surface area contributed by atoms with Gasteiger partial charge in [0.15, 0.2) is 0 Å². The van der Waals surface area contributed by atoms with E-state index in [2.05, 4.69) is 10.3 Å². The largest absolute Gasteiger partial charge is 0.508 e. The van der Waals surface area contributed by atoms with Gasteiger partial charge >= 0.3 is 6.16 Å². The first-order valence-corrected chi connectivity index (χ1v) is 8.68. The normalized spacial score (nSPS) is 12.9. The van der Waals surface area contributed by atoms with Crippen molar-refractivity contribution >= 4 is 12.1 Å². The van der Waals surface area contributed by atoms with E-state index in [9.17, 15) is 14.7 Å². The molecule has 0 saturated carbocycles. The van der Waals surface area contributed by atoms with E-state index < -0.39 is 24.1 Å². The molecule has 0 spiro atoms. The fourth-order valence-corrected chi connectivity index (χ4v) is 1.94. The summed E-state index contributed by atoms with van der Waals surface area (Å²) >= 11 is 0. The highest BCUT2D eigenvalue weighted by Crippen LogP contribution is 2.16. The number of hydrogen-bond donors (Lipinski definition) is 2. The lowest BCUT2D eigenvalue weighted by Crippen LogP contribution is -2.45. The summed E-state index contributed by atoms with van der Waals surface area (Å²) in [6.45, 7) is 4.07. The van der Waals surface area contributed by atoms with Crippen LogP contribution >= 0.6 is 0 Å². The Balaban J connectivity index is 2.31. The van der Waals surface area contributed by atoms with E-state index in [1.54, 1.807) is 6.20 Å². The van der Waals surface area contributed by atoms with Crippen LogP contribution in [0.3, 0.4) is 0 Å². The number of carbonyl (C=O) groups excluding carboxylic acids is 2. The number of nitrogens with zero attached hydrogens (tertiary/aromatic N) is 1. The van der Waals surface area contributed by atoms with Crippen molar-refractivity contribution in [2.45, 2.75) is 26.7 Å². The van der Waals surface area contributed by atoms with Gasteiger partial charge in [-0.1, -0.05) is 13.0 Å². The third-order valence-electron chi connectivity index (χ3n) is 3.59. The maximum atomic E-state index is 12.3. The zero-order chi connectivity index (χ0) is 19.3. The molecule has 0 bridgehead atoms. The molecule has 0 aliphatic rings. The van der Waals surface area contributed by atoms with E-state index in [-0.39, 0.29) is 19.8 Å². The Kier molecular flexibility index (Phi) is 10.3. The minimum absolute atomic E-state index is 0.0743. The van der Waals surface area contributed by atoms with E-state index in [0.717, 1.165) is 12.1 Å². The maximum absolute atomic E-state index is 12.3. The molecule has 146 valence electrons. The predicted molar refractivity (Wildman–Crippen MR) is 94.6 cm³/mol. The van der Waals surface area contributed by atoms with E-state index in [1.807, 2.05) is 25.1 Å². The highest BCUT2D eigenvalue weighted by Gasteiger charge is 2.34. The number of pyridine rings is 1. The van der Waals surface area contributed by atoms with Gasteiger partial charge in [0.2, 0.25) is 5.91 Å². The molecule has 1 rings (SSSR count). The predicted octanol–water partition coefficient (Wildman–Crippen LogP) is 1.32. The Morgan fingerprint density at radius 3 is 2.69 bits per heavy atom. The summed E-state index contributed by atoms with van der Waals surface area (Å²) in [5, 5.41) is 12.3. The molecule has 0 aliphatic carbocycles. The summed E-state index contributed by atoms with van der Waals surface area (Å²) in [5.41, 5.74) is -0.398. The molecule has 1 aromatic rings. The van der Waals surface area contributed by atoms with Crippen LogP contribution in [0.1, 0.15) is 26.0 Å². The number of aliphatic hydroxyl groups is 1. The molecule has 1 atom stereocenters. The zero-order valence-corrected chi connectivity index (χ0v) is 15.4. The summed E-state index contributed by atoms with van der Waals surface area (Å²) in [6.07, 6.45) is 2.23. The van der Waals surface area contributed by atoms with E-state index in [4.69, 9.17) is 14.2 Å². The van der Waals surface area contributed by atoms with Crippen molar-refractivity contribution in [2.24, 2.45) is 5.41 Å². The van der Waals surface area contributed by atoms with Crippen LogP contribution in [0.4, 0.5) is 4.79 Å². The molecule has 8 nitrogen and oxygen atoms in total. The van der Waals surface area contributed by atoms with Crippen molar-refractivity contribution in [3.05, 3.63) is 30.1 Å². The van der Waals surface area contributed by atoms with Gasteiger partial charge in [0.1, 0.15) is 18.6 Å². The number of hydrogen-bond acceptors (Lipinski definition) is 7. The van der Waals surface area contributed by atoms with Gasteiger partial charge in [-0.3, -0.25) is 9.78 Å². The van der Waals surface area contributed by atoms with Crippen LogP contribution in [-0.2, 0) is 25.4 Å². The molecule has 0 fully saturated rings. The lowest BCUT2D eigenvalue weighted by Gasteiger charge is -2.25. The first-order chi connectivity index (χ1) is 12.5. The molecular weight excluding hydrogens is 340 g/mol. The smallest absolute Gasteiger partial charge is 0.433 e. The van der Waals surface area contributed by atoms with Crippen molar-refractivity contribution in [1.82, 2.24) is 10.3 Å². The summed E-state index contributed by atoms with van der Waals surface area (Å²) in [5.74, 6) is -0.407. The van der Waals surface area contributed by atoms with Gasteiger partial charge in [-0.2, -0.15) is 0 Å². The number of amides is 1. The molecule has 1 amide bonds. The van der Waals surface area contributed by atoms with E-state index in [0.29, 0.717) is 19.6 Å². The van der Waals surface area contributed by atoms with Gasteiger partial charge in [-0.15, -0.1) is 0 Å². The van der Waals surface area contributed by atoms with Crippen molar-refractivity contribution in [3.63, 3.8) is 0 Å². The van der Waals surface area contributed by atoms with Gasteiger partial charge in [-0.05, 0) is 25.5 Å². The molecule has 0 aliphatic heterocycles. The number of ether oxygens (including phenoxy) is 3. The third-order valence-corrected chi connectivity index (χ3v) is 3.59. The average molecular weight is 368 g/mol. The summed E-state index contributed by atoms with van der Waals surface area (Å²) < 4.78 is 15.0. The summed E-state index contributed by atoms with van der Waals surface area (Å²) in [4.78, 5) is 28.0. The fourth-order valence-electron chi connectivity index (χ4n) is 1.94. The highest BCUT2D eigenvalue weighted by molar-refractivity contribution is 5.82. The van der Waals surface area contributed by atoms with Gasteiger partial charge in [0.25, 0.3) is 0 Å². The van der Waals surface area contributed by atoms with Crippen LogP contribution in [0.5, 0.6) is 0 Å². The summed E-state index contributed by atoms with van der Waals surface area (Å²) in [6, 6.07) is 5.55. The molecule has 1 aromatic heterocycles. The standard InChI is InChI=1S/C18H28N2O6/c1-3-10-24-11-12-25-17(23)26-14-18(2,13-21)16(22)20-9-7-15-6-4-5-8-19-15/h4-6,8,21H,3,7,9-14H2,1-2H3,(H,20,22). The fraction of sp³-hybridized carbons (Fsp3) is 0.611. The monoisotopic (exact) mass is 368 g/mol. The second-order valence-corrected chi connectivity index (χ2v) is 6.05. The number of rotatable bonds is 12. The van der Waals surface area contributed by atoms with Crippen LogP contribution in [0, 0.1) is 5.41 Å². The molecule has 0 radical (unpaired) electrons. The van der Waals surface area contributed by atoms with E-state index in [1.165, 1.54) is 6.92 Å². The lowest BCUT2D eigenvalue weighted by molar-refractivity contribution is -0.135. The average Bonchev–Trinajstić information content (AvgIpc) is 2.66. The molecule has 8 heteroatoms. The molecule has 1 unspecified atom stereocenters. The van der Waals surface area contributed by atoms with Crippen molar-refractivity contribution in [2.75, 3.05) is 39.6 Å². The maximum Gasteiger partial charge on any atom is 0.508 e. The minimum Gasteiger partial charge on any atom is -0.433 e. The van der Waals surface area contributed by atoms with Crippen molar-refractivity contribution < 1.29 is 28.9 Å².